The molecule has 1 heterocycles. The molecule has 0 aliphatic heterocycles. The molecule has 3 heteroatoms. The molecule has 0 spiro atoms. The first-order valence-electron chi connectivity index (χ1n) is 5.50. The van der Waals surface area contributed by atoms with Crippen molar-refractivity contribution in [1.82, 2.24) is 4.98 Å². The molecule has 15 heavy (non-hydrogen) atoms. The number of ether oxygens (including phenoxy) is 1. The number of nitrogens with zero attached hydrogens (tertiary/aromatic N) is 1. The summed E-state index contributed by atoms with van der Waals surface area (Å²) in [5.41, 5.74) is 1.10. The van der Waals surface area contributed by atoms with Crippen LogP contribution in [0, 0.1) is 12.8 Å². The van der Waals surface area contributed by atoms with E-state index in [0.29, 0.717) is 0 Å². The maximum Gasteiger partial charge on any atom is 0.216 e. The second kappa shape index (κ2) is 4.97. The number of pyridine rings is 1. The molecule has 0 amide bonds. The topological polar surface area (TPSA) is 22.1 Å². The first kappa shape index (κ1) is 10.9. The third-order valence-corrected chi connectivity index (χ3v) is 3.36. The Bertz CT molecular complexity index is 334. The van der Waals surface area contributed by atoms with Gasteiger partial charge in [-0.25, -0.2) is 4.98 Å². The Labute approximate surface area is 99.2 Å². The number of aryl methyl sites for hydroxylation is 1. The maximum atomic E-state index is 5.74. The van der Waals surface area contributed by atoms with E-state index in [1.807, 2.05) is 13.0 Å². The van der Waals surface area contributed by atoms with Gasteiger partial charge in [0.1, 0.15) is 0 Å². The smallest absolute Gasteiger partial charge is 0.216 e. The van der Waals surface area contributed by atoms with Crippen LogP contribution in [-0.4, -0.2) is 11.6 Å². The summed E-state index contributed by atoms with van der Waals surface area (Å²) in [4.78, 5) is 4.27. The van der Waals surface area contributed by atoms with E-state index >= 15 is 0 Å². The van der Waals surface area contributed by atoms with Gasteiger partial charge in [0.05, 0.1) is 6.61 Å². The summed E-state index contributed by atoms with van der Waals surface area (Å²) < 4.78 is 6.75. The number of aromatic nitrogens is 1. The molecule has 1 aromatic heterocycles. The van der Waals surface area contributed by atoms with E-state index in [9.17, 15) is 0 Å². The average Bonchev–Trinajstić information content (AvgIpc) is 2.69. The molecule has 1 saturated carbocycles. The van der Waals surface area contributed by atoms with Crippen molar-refractivity contribution in [3.8, 4) is 5.88 Å². The van der Waals surface area contributed by atoms with Crippen LogP contribution >= 0.6 is 15.9 Å². The molecule has 0 N–H and O–H groups in total. The van der Waals surface area contributed by atoms with Crippen molar-refractivity contribution in [3.63, 3.8) is 0 Å². The van der Waals surface area contributed by atoms with Gasteiger partial charge in [0.15, 0.2) is 0 Å². The minimum absolute atomic E-state index is 0.745. The summed E-state index contributed by atoms with van der Waals surface area (Å²) in [5.74, 6) is 1.53. The van der Waals surface area contributed by atoms with Crippen LogP contribution in [0.4, 0.5) is 0 Å². The zero-order chi connectivity index (χ0) is 10.7. The van der Waals surface area contributed by atoms with Gasteiger partial charge in [0.25, 0.3) is 0 Å². The second-order valence-corrected chi connectivity index (χ2v) is 5.15. The molecule has 0 radical (unpaired) electrons. The van der Waals surface area contributed by atoms with Gasteiger partial charge in [0, 0.05) is 16.2 Å². The largest absolute Gasteiger partial charge is 0.477 e. The molecule has 2 nitrogen and oxygen atoms in total. The Kier molecular flexibility index (Phi) is 3.62. The van der Waals surface area contributed by atoms with Gasteiger partial charge >= 0.3 is 0 Å². The van der Waals surface area contributed by atoms with Gasteiger partial charge in [-0.2, -0.15) is 0 Å². The standard InChI is InChI=1S/C12H16BrNO/c1-9-6-11(13)7-14-12(9)15-8-10-4-2-3-5-10/h6-7,10H,2-5,8H2,1H3. The first-order chi connectivity index (χ1) is 7.25. The van der Waals surface area contributed by atoms with E-state index in [4.69, 9.17) is 4.74 Å². The van der Waals surface area contributed by atoms with Crippen molar-refractivity contribution < 1.29 is 4.74 Å². The molecule has 2 rings (SSSR count). The molecule has 82 valence electrons. The molecule has 1 aliphatic rings. The van der Waals surface area contributed by atoms with Crippen LogP contribution in [0.5, 0.6) is 5.88 Å². The van der Waals surface area contributed by atoms with E-state index in [0.717, 1.165) is 28.4 Å². The minimum atomic E-state index is 0.745. The van der Waals surface area contributed by atoms with Crippen LogP contribution in [-0.2, 0) is 0 Å². The van der Waals surface area contributed by atoms with Crippen molar-refractivity contribution in [2.24, 2.45) is 5.92 Å². The highest BCUT2D eigenvalue weighted by Gasteiger charge is 2.16. The van der Waals surface area contributed by atoms with Gasteiger partial charge in [-0.15, -0.1) is 0 Å². The zero-order valence-corrected chi connectivity index (χ0v) is 10.6. The van der Waals surface area contributed by atoms with Crippen molar-refractivity contribution in [2.45, 2.75) is 32.6 Å². The van der Waals surface area contributed by atoms with Crippen LogP contribution < -0.4 is 4.74 Å². The molecular weight excluding hydrogens is 254 g/mol. The monoisotopic (exact) mass is 269 g/mol. The lowest BCUT2D eigenvalue weighted by atomic mass is 10.1. The van der Waals surface area contributed by atoms with Gasteiger partial charge in [-0.05, 0) is 47.7 Å². The summed E-state index contributed by atoms with van der Waals surface area (Å²) >= 11 is 3.40. The maximum absolute atomic E-state index is 5.74. The fraction of sp³-hybridized carbons (Fsp3) is 0.583. The Hall–Kier alpha value is -0.570. The van der Waals surface area contributed by atoms with Crippen molar-refractivity contribution in [2.75, 3.05) is 6.61 Å². The van der Waals surface area contributed by atoms with E-state index in [-0.39, 0.29) is 0 Å². The first-order valence-corrected chi connectivity index (χ1v) is 6.30. The van der Waals surface area contributed by atoms with Crippen molar-refractivity contribution in [3.05, 3.63) is 22.3 Å². The Balaban J connectivity index is 1.92. The molecule has 0 saturated heterocycles. The highest BCUT2D eigenvalue weighted by Crippen LogP contribution is 2.26. The van der Waals surface area contributed by atoms with Crippen LogP contribution in [0.2, 0.25) is 0 Å². The molecule has 1 aromatic rings. The minimum Gasteiger partial charge on any atom is -0.477 e. The molecule has 0 aromatic carbocycles. The fourth-order valence-electron chi connectivity index (χ4n) is 2.05. The quantitative estimate of drug-likeness (QED) is 0.835. The number of rotatable bonds is 3. The molecule has 1 fully saturated rings. The van der Waals surface area contributed by atoms with Crippen LogP contribution in [0.15, 0.2) is 16.7 Å². The van der Waals surface area contributed by atoms with E-state index in [2.05, 4.69) is 20.9 Å². The molecule has 0 atom stereocenters. The van der Waals surface area contributed by atoms with E-state index in [1.165, 1.54) is 25.7 Å². The Morgan fingerprint density at radius 3 is 2.87 bits per heavy atom. The van der Waals surface area contributed by atoms with Crippen LogP contribution in [0.1, 0.15) is 31.2 Å². The van der Waals surface area contributed by atoms with Crippen LogP contribution in [0.3, 0.4) is 0 Å². The summed E-state index contributed by atoms with van der Waals surface area (Å²) in [7, 11) is 0. The predicted molar refractivity (Wildman–Crippen MR) is 64.1 cm³/mol. The van der Waals surface area contributed by atoms with Gasteiger partial charge in [0.2, 0.25) is 5.88 Å². The van der Waals surface area contributed by atoms with Crippen molar-refractivity contribution in [1.29, 1.82) is 0 Å². The summed E-state index contributed by atoms with van der Waals surface area (Å²) in [6.45, 7) is 2.86. The van der Waals surface area contributed by atoms with Crippen LogP contribution in [0.25, 0.3) is 0 Å². The zero-order valence-electron chi connectivity index (χ0n) is 9.00. The van der Waals surface area contributed by atoms with Gasteiger partial charge < -0.3 is 4.74 Å². The highest BCUT2D eigenvalue weighted by atomic mass is 79.9. The van der Waals surface area contributed by atoms with E-state index in [1.54, 1.807) is 6.20 Å². The third-order valence-electron chi connectivity index (χ3n) is 2.93. The lowest BCUT2D eigenvalue weighted by Gasteiger charge is -2.12. The lowest BCUT2D eigenvalue weighted by molar-refractivity contribution is 0.242. The molecule has 0 unspecified atom stereocenters. The predicted octanol–water partition coefficient (Wildman–Crippen LogP) is 3.72. The Morgan fingerprint density at radius 2 is 2.20 bits per heavy atom. The SMILES string of the molecule is Cc1cc(Br)cnc1OCC1CCCC1. The lowest BCUT2D eigenvalue weighted by Crippen LogP contribution is -2.09. The highest BCUT2D eigenvalue weighted by molar-refractivity contribution is 9.10. The van der Waals surface area contributed by atoms with Gasteiger partial charge in [-0.1, -0.05) is 12.8 Å². The molecule has 0 bridgehead atoms. The number of hydrogen-bond donors (Lipinski definition) is 0. The van der Waals surface area contributed by atoms with E-state index < -0.39 is 0 Å². The summed E-state index contributed by atoms with van der Waals surface area (Å²) in [6.07, 6.45) is 7.14. The fourth-order valence-corrected chi connectivity index (χ4v) is 2.50. The number of hydrogen-bond acceptors (Lipinski definition) is 2. The summed E-state index contributed by atoms with van der Waals surface area (Å²) in [5, 5.41) is 0. The normalized spacial score (nSPS) is 16.9. The average molecular weight is 270 g/mol. The molecular formula is C12H16BrNO. The number of halogens is 1. The van der Waals surface area contributed by atoms with Crippen molar-refractivity contribution >= 4 is 15.9 Å². The second-order valence-electron chi connectivity index (χ2n) is 4.24. The Morgan fingerprint density at radius 1 is 1.47 bits per heavy atom. The van der Waals surface area contributed by atoms with Gasteiger partial charge in [-0.3, -0.25) is 0 Å². The molecule has 1 aliphatic carbocycles. The summed E-state index contributed by atoms with van der Waals surface area (Å²) in [6, 6.07) is 2.04. The third kappa shape index (κ3) is 2.94.